The number of carbonyl (C=O) groups excluding carboxylic acids is 1. The average molecular weight is 325 g/mol. The number of hydrogen-bond acceptors (Lipinski definition) is 3. The zero-order valence-electron chi connectivity index (χ0n) is 10.7. The van der Waals surface area contributed by atoms with E-state index < -0.39 is 29.1 Å². The smallest absolute Gasteiger partial charge is 0.352 e. The number of unbranched alkanes of at least 4 members (excludes halogenated alkanes) is 1. The van der Waals surface area contributed by atoms with Crippen LogP contribution in [0.25, 0.3) is 0 Å². The quantitative estimate of drug-likeness (QED) is 0.492. The van der Waals surface area contributed by atoms with E-state index in [-0.39, 0.29) is 30.0 Å². The van der Waals surface area contributed by atoms with E-state index in [4.69, 9.17) is 11.6 Å². The lowest BCUT2D eigenvalue weighted by Gasteiger charge is -2.08. The molecule has 0 aliphatic heterocycles. The van der Waals surface area contributed by atoms with Crippen molar-refractivity contribution >= 4 is 23.2 Å². The molecule has 0 aliphatic rings. The Morgan fingerprint density at radius 1 is 1.33 bits per heavy atom. The second-order valence-electron chi connectivity index (χ2n) is 4.22. The molecule has 1 N–H and O–H groups in total. The molecule has 1 aromatic rings. The zero-order valence-corrected chi connectivity index (χ0v) is 11.5. The fourth-order valence-corrected chi connectivity index (χ4v) is 1.86. The van der Waals surface area contributed by atoms with Crippen LogP contribution in [0.2, 0.25) is 5.02 Å². The van der Waals surface area contributed by atoms with Gasteiger partial charge in [-0.25, -0.2) is 0 Å². The Morgan fingerprint density at radius 3 is 2.57 bits per heavy atom. The molecule has 0 aliphatic carbocycles. The van der Waals surface area contributed by atoms with Crippen LogP contribution in [0.4, 0.5) is 18.9 Å². The van der Waals surface area contributed by atoms with Gasteiger partial charge in [0, 0.05) is 19.0 Å². The van der Waals surface area contributed by atoms with Gasteiger partial charge in [-0.3, -0.25) is 14.9 Å². The highest BCUT2D eigenvalue weighted by molar-refractivity contribution is 6.35. The molecule has 21 heavy (non-hydrogen) atoms. The van der Waals surface area contributed by atoms with Crippen molar-refractivity contribution in [3.63, 3.8) is 0 Å². The minimum Gasteiger partial charge on any atom is -0.352 e. The van der Waals surface area contributed by atoms with Gasteiger partial charge in [-0.15, -0.1) is 0 Å². The second-order valence-corrected chi connectivity index (χ2v) is 4.60. The van der Waals surface area contributed by atoms with E-state index >= 15 is 0 Å². The molecule has 1 rings (SSSR count). The van der Waals surface area contributed by atoms with Crippen LogP contribution in [0, 0.1) is 10.1 Å². The number of benzene rings is 1. The number of nitrogens with one attached hydrogen (secondary N) is 1. The third-order valence-electron chi connectivity index (χ3n) is 2.59. The van der Waals surface area contributed by atoms with Gasteiger partial charge in [0.1, 0.15) is 5.02 Å². The monoisotopic (exact) mass is 324 g/mol. The summed E-state index contributed by atoms with van der Waals surface area (Å²) >= 11 is 5.75. The molecule has 0 saturated heterocycles. The number of hydrogen-bond donors (Lipinski definition) is 1. The predicted octanol–water partition coefficient (Wildman–Crippen LogP) is 3.71. The predicted molar refractivity (Wildman–Crippen MR) is 70.3 cm³/mol. The molecular weight excluding hydrogens is 313 g/mol. The Hall–Kier alpha value is -1.83. The summed E-state index contributed by atoms with van der Waals surface area (Å²) in [6, 6.07) is 3.77. The summed E-state index contributed by atoms with van der Waals surface area (Å²) in [4.78, 5) is 21.7. The Bertz CT molecular complexity index is 535. The van der Waals surface area contributed by atoms with Crippen molar-refractivity contribution in [1.82, 2.24) is 5.32 Å². The number of amides is 1. The first-order valence-electron chi connectivity index (χ1n) is 6.00. The summed E-state index contributed by atoms with van der Waals surface area (Å²) in [7, 11) is 0. The average Bonchev–Trinajstić information content (AvgIpc) is 2.36. The van der Waals surface area contributed by atoms with Crippen LogP contribution in [0.5, 0.6) is 0 Å². The molecule has 0 saturated carbocycles. The van der Waals surface area contributed by atoms with Crippen molar-refractivity contribution in [2.24, 2.45) is 0 Å². The first-order valence-corrected chi connectivity index (χ1v) is 6.38. The highest BCUT2D eigenvalue weighted by atomic mass is 35.5. The summed E-state index contributed by atoms with van der Waals surface area (Å²) in [5, 5.41) is 12.8. The number of carbonyl (C=O) groups is 1. The van der Waals surface area contributed by atoms with Crippen molar-refractivity contribution in [2.45, 2.75) is 25.4 Å². The molecule has 0 fully saturated rings. The number of nitro groups is 1. The van der Waals surface area contributed by atoms with E-state index in [0.29, 0.717) is 0 Å². The number of halogens is 4. The molecule has 1 aromatic carbocycles. The van der Waals surface area contributed by atoms with Gasteiger partial charge in [-0.2, -0.15) is 13.2 Å². The van der Waals surface area contributed by atoms with Crippen molar-refractivity contribution < 1.29 is 22.9 Å². The minimum absolute atomic E-state index is 0.0356. The van der Waals surface area contributed by atoms with E-state index in [1.807, 2.05) is 0 Å². The summed E-state index contributed by atoms with van der Waals surface area (Å²) in [5.74, 6) is -0.657. The maximum Gasteiger partial charge on any atom is 0.389 e. The Morgan fingerprint density at radius 2 is 2.00 bits per heavy atom. The van der Waals surface area contributed by atoms with E-state index in [0.717, 1.165) is 6.07 Å². The van der Waals surface area contributed by atoms with Crippen LogP contribution < -0.4 is 5.32 Å². The fourth-order valence-electron chi connectivity index (χ4n) is 1.58. The van der Waals surface area contributed by atoms with E-state index in [1.165, 1.54) is 12.1 Å². The molecular formula is C12H12ClF3N2O3. The minimum atomic E-state index is -4.21. The fraction of sp³-hybridized carbons (Fsp3) is 0.417. The van der Waals surface area contributed by atoms with Gasteiger partial charge >= 0.3 is 6.18 Å². The normalized spacial score (nSPS) is 11.2. The van der Waals surface area contributed by atoms with Gasteiger partial charge in [-0.1, -0.05) is 17.7 Å². The van der Waals surface area contributed by atoms with Gasteiger partial charge in [0.05, 0.1) is 10.5 Å². The molecule has 0 unspecified atom stereocenters. The molecule has 0 atom stereocenters. The van der Waals surface area contributed by atoms with Crippen LogP contribution in [0.3, 0.4) is 0 Å². The molecule has 0 radical (unpaired) electrons. The largest absolute Gasteiger partial charge is 0.389 e. The SMILES string of the molecule is O=C(NCCCCC(F)(F)F)c1cccc([N+](=O)[O-])c1Cl. The van der Waals surface area contributed by atoms with Crippen molar-refractivity contribution in [2.75, 3.05) is 6.54 Å². The van der Waals surface area contributed by atoms with Gasteiger partial charge in [0.15, 0.2) is 0 Å². The third-order valence-corrected chi connectivity index (χ3v) is 2.99. The number of nitro benzene ring substituents is 1. The molecule has 5 nitrogen and oxygen atoms in total. The topological polar surface area (TPSA) is 72.2 Å². The molecule has 116 valence electrons. The van der Waals surface area contributed by atoms with Crippen LogP contribution in [0.15, 0.2) is 18.2 Å². The first kappa shape index (κ1) is 17.2. The number of nitrogens with zero attached hydrogens (tertiary/aromatic N) is 1. The van der Waals surface area contributed by atoms with Crippen LogP contribution in [-0.2, 0) is 0 Å². The first-order chi connectivity index (χ1) is 9.72. The van der Waals surface area contributed by atoms with Crippen molar-refractivity contribution in [3.8, 4) is 0 Å². The van der Waals surface area contributed by atoms with Crippen molar-refractivity contribution in [1.29, 1.82) is 0 Å². The second kappa shape index (κ2) is 7.26. The summed E-state index contributed by atoms with van der Waals surface area (Å²) in [5.41, 5.74) is -0.483. The maximum atomic E-state index is 11.9. The summed E-state index contributed by atoms with van der Waals surface area (Å²) in [6.07, 6.45) is -5.09. The van der Waals surface area contributed by atoms with Crippen LogP contribution in [-0.4, -0.2) is 23.6 Å². The van der Waals surface area contributed by atoms with Gasteiger partial charge in [0.2, 0.25) is 0 Å². The van der Waals surface area contributed by atoms with E-state index in [2.05, 4.69) is 5.32 Å². The van der Waals surface area contributed by atoms with Gasteiger partial charge in [0.25, 0.3) is 11.6 Å². The van der Waals surface area contributed by atoms with Crippen LogP contribution >= 0.6 is 11.6 Å². The van der Waals surface area contributed by atoms with E-state index in [1.54, 1.807) is 0 Å². The van der Waals surface area contributed by atoms with Gasteiger partial charge in [-0.05, 0) is 18.9 Å². The molecule has 9 heteroatoms. The van der Waals surface area contributed by atoms with Crippen molar-refractivity contribution in [3.05, 3.63) is 38.9 Å². The molecule has 0 aromatic heterocycles. The Kier molecular flexibility index (Phi) is 5.95. The van der Waals surface area contributed by atoms with E-state index in [9.17, 15) is 28.1 Å². The van der Waals surface area contributed by atoms with Crippen LogP contribution in [0.1, 0.15) is 29.6 Å². The number of rotatable bonds is 6. The highest BCUT2D eigenvalue weighted by Gasteiger charge is 2.26. The maximum absolute atomic E-state index is 11.9. The number of alkyl halides is 3. The lowest BCUT2D eigenvalue weighted by Crippen LogP contribution is -2.25. The molecule has 1 amide bonds. The summed E-state index contributed by atoms with van der Waals surface area (Å²) < 4.78 is 35.7. The standard InChI is InChI=1S/C12H12ClF3N2O3/c13-10-8(4-3-5-9(10)18(20)21)11(19)17-7-2-1-6-12(14,15)16/h3-5H,1-2,6-7H2,(H,17,19). The molecule has 0 heterocycles. The lowest BCUT2D eigenvalue weighted by atomic mass is 10.1. The third kappa shape index (κ3) is 5.58. The summed E-state index contributed by atoms with van der Waals surface area (Å²) in [6.45, 7) is 0.0356. The van der Waals surface area contributed by atoms with Gasteiger partial charge < -0.3 is 5.32 Å². The lowest BCUT2D eigenvalue weighted by molar-refractivity contribution is -0.384. The Balaban J connectivity index is 2.53. The Labute approximate surface area is 123 Å². The molecule has 0 spiro atoms. The zero-order chi connectivity index (χ0) is 16.0. The molecule has 0 bridgehead atoms. The highest BCUT2D eigenvalue weighted by Crippen LogP contribution is 2.27.